The number of aliphatic imine (C=N–C) groups is 1. The van der Waals surface area contributed by atoms with Gasteiger partial charge in [-0.05, 0) is 24.3 Å². The number of nitrogens with one attached hydrogen (secondary N) is 1. The Bertz CT molecular complexity index is 734. The van der Waals surface area contributed by atoms with Crippen molar-refractivity contribution in [3.05, 3.63) is 41.2 Å². The Kier molecular flexibility index (Phi) is 5.92. The number of piperazine rings is 1. The molecule has 0 spiro atoms. The molecule has 3 rings (SSSR count). The molecule has 2 aromatic rings. The van der Waals surface area contributed by atoms with Gasteiger partial charge in [-0.25, -0.2) is 9.37 Å². The first kappa shape index (κ1) is 18.4. The van der Waals surface area contributed by atoms with Crippen LogP contribution in [0.3, 0.4) is 0 Å². The predicted molar refractivity (Wildman–Crippen MR) is 107 cm³/mol. The number of halogens is 1. The second-order valence-corrected chi connectivity index (χ2v) is 7.20. The number of hydrogen-bond donors (Lipinski definition) is 1. The van der Waals surface area contributed by atoms with Gasteiger partial charge in [-0.15, -0.1) is 11.3 Å². The summed E-state index contributed by atoms with van der Waals surface area (Å²) in [6.45, 7) is 4.17. The van der Waals surface area contributed by atoms with Gasteiger partial charge in [0.15, 0.2) is 11.1 Å². The zero-order chi connectivity index (χ0) is 18.5. The molecular weight excluding hydrogens is 351 g/mol. The van der Waals surface area contributed by atoms with Crippen molar-refractivity contribution in [1.82, 2.24) is 15.2 Å². The van der Waals surface area contributed by atoms with Crippen molar-refractivity contribution in [3.8, 4) is 0 Å². The van der Waals surface area contributed by atoms with Crippen LogP contribution in [-0.4, -0.2) is 63.2 Å². The van der Waals surface area contributed by atoms with E-state index in [0.717, 1.165) is 48.7 Å². The van der Waals surface area contributed by atoms with Crippen LogP contribution < -0.4 is 15.1 Å². The van der Waals surface area contributed by atoms with Crippen molar-refractivity contribution < 1.29 is 4.39 Å². The van der Waals surface area contributed by atoms with Crippen LogP contribution in [0.1, 0.15) is 5.69 Å². The van der Waals surface area contributed by atoms with Crippen molar-refractivity contribution >= 4 is 28.1 Å². The molecule has 0 saturated carbocycles. The molecule has 0 unspecified atom stereocenters. The molecule has 1 aliphatic heterocycles. The molecule has 0 radical (unpaired) electrons. The molecule has 8 heteroatoms. The molecule has 0 bridgehead atoms. The first-order valence-corrected chi connectivity index (χ1v) is 9.52. The summed E-state index contributed by atoms with van der Waals surface area (Å²) in [5.74, 6) is 0.694. The number of thiazole rings is 1. The zero-order valence-electron chi connectivity index (χ0n) is 15.4. The van der Waals surface area contributed by atoms with E-state index in [2.05, 4.69) is 30.5 Å². The van der Waals surface area contributed by atoms with Gasteiger partial charge in [0, 0.05) is 58.4 Å². The highest BCUT2D eigenvalue weighted by atomic mass is 32.1. The van der Waals surface area contributed by atoms with Gasteiger partial charge in [0.2, 0.25) is 0 Å². The van der Waals surface area contributed by atoms with Crippen LogP contribution >= 0.6 is 11.3 Å². The molecule has 0 amide bonds. The van der Waals surface area contributed by atoms with Crippen molar-refractivity contribution in [3.63, 3.8) is 0 Å². The van der Waals surface area contributed by atoms with Crippen LogP contribution in [0, 0.1) is 5.82 Å². The van der Waals surface area contributed by atoms with Gasteiger partial charge in [-0.3, -0.25) is 4.99 Å². The number of rotatable bonds is 4. The number of hydrogen-bond acceptors (Lipinski definition) is 5. The fourth-order valence-electron chi connectivity index (χ4n) is 2.91. The number of aromatic nitrogens is 1. The van der Waals surface area contributed by atoms with E-state index in [1.165, 1.54) is 12.1 Å². The normalized spacial score (nSPS) is 15.3. The summed E-state index contributed by atoms with van der Waals surface area (Å²) in [5, 5.41) is 6.48. The van der Waals surface area contributed by atoms with Gasteiger partial charge in [0.1, 0.15) is 5.82 Å². The minimum absolute atomic E-state index is 0.198. The monoisotopic (exact) mass is 376 g/mol. The topological polar surface area (TPSA) is 47.0 Å². The van der Waals surface area contributed by atoms with E-state index >= 15 is 0 Å². The summed E-state index contributed by atoms with van der Waals surface area (Å²) in [6, 6.07) is 6.70. The molecule has 0 atom stereocenters. The summed E-state index contributed by atoms with van der Waals surface area (Å²) < 4.78 is 13.1. The molecule has 1 N–H and O–H groups in total. The third-order valence-electron chi connectivity index (χ3n) is 4.33. The van der Waals surface area contributed by atoms with Crippen LogP contribution in [0.2, 0.25) is 0 Å². The van der Waals surface area contributed by atoms with Gasteiger partial charge < -0.3 is 20.0 Å². The Morgan fingerprint density at radius 1 is 1.23 bits per heavy atom. The van der Waals surface area contributed by atoms with Crippen LogP contribution in [0.5, 0.6) is 0 Å². The average molecular weight is 377 g/mol. The molecule has 1 aliphatic rings. The molecule has 26 heavy (non-hydrogen) atoms. The van der Waals surface area contributed by atoms with Gasteiger partial charge in [-0.2, -0.15) is 0 Å². The maximum atomic E-state index is 13.1. The largest absolute Gasteiger partial charge is 0.368 e. The fourth-order valence-corrected chi connectivity index (χ4v) is 3.67. The van der Waals surface area contributed by atoms with E-state index in [9.17, 15) is 4.39 Å². The Hall–Kier alpha value is -2.35. The lowest BCUT2D eigenvalue weighted by atomic mass is 10.2. The summed E-state index contributed by atoms with van der Waals surface area (Å²) in [4.78, 5) is 15.5. The Morgan fingerprint density at radius 2 is 1.92 bits per heavy atom. The second-order valence-electron chi connectivity index (χ2n) is 6.37. The minimum atomic E-state index is -0.198. The van der Waals surface area contributed by atoms with E-state index in [-0.39, 0.29) is 5.82 Å². The van der Waals surface area contributed by atoms with E-state index < -0.39 is 0 Å². The van der Waals surface area contributed by atoms with Crippen molar-refractivity contribution in [1.29, 1.82) is 0 Å². The third kappa shape index (κ3) is 4.43. The van der Waals surface area contributed by atoms with Crippen LogP contribution in [-0.2, 0) is 6.54 Å². The number of anilines is 2. The highest BCUT2D eigenvalue weighted by Crippen LogP contribution is 2.18. The second kappa shape index (κ2) is 8.35. The molecule has 6 nitrogen and oxygen atoms in total. The first-order chi connectivity index (χ1) is 12.6. The van der Waals surface area contributed by atoms with E-state index in [1.54, 1.807) is 18.4 Å². The molecule has 140 valence electrons. The first-order valence-electron chi connectivity index (χ1n) is 8.64. The molecule has 2 heterocycles. The Morgan fingerprint density at radius 3 is 2.50 bits per heavy atom. The lowest BCUT2D eigenvalue weighted by Gasteiger charge is -2.37. The van der Waals surface area contributed by atoms with E-state index in [1.807, 2.05) is 31.1 Å². The minimum Gasteiger partial charge on any atom is -0.368 e. The van der Waals surface area contributed by atoms with Gasteiger partial charge in [0.25, 0.3) is 0 Å². The number of guanidine groups is 1. The molecule has 0 aliphatic carbocycles. The standard InChI is InChI=1S/C18H25FN6S/c1-20-17(21-12-15-13-26-18(22-15)23(2)3)25-10-8-24(9-11-25)16-6-4-14(19)5-7-16/h4-7,13H,8-12H2,1-3H3,(H,20,21). The van der Waals surface area contributed by atoms with Crippen molar-refractivity contribution in [2.75, 3.05) is 57.1 Å². The highest BCUT2D eigenvalue weighted by molar-refractivity contribution is 7.13. The predicted octanol–water partition coefficient (Wildman–Crippen LogP) is 2.25. The van der Waals surface area contributed by atoms with E-state index in [4.69, 9.17) is 0 Å². The smallest absolute Gasteiger partial charge is 0.194 e. The van der Waals surface area contributed by atoms with Gasteiger partial charge in [0.05, 0.1) is 12.2 Å². The van der Waals surface area contributed by atoms with Crippen molar-refractivity contribution in [2.45, 2.75) is 6.54 Å². The number of nitrogens with zero attached hydrogens (tertiary/aromatic N) is 5. The zero-order valence-corrected chi connectivity index (χ0v) is 16.3. The van der Waals surface area contributed by atoms with Crippen LogP contribution in [0.15, 0.2) is 34.6 Å². The summed E-state index contributed by atoms with van der Waals surface area (Å²) in [6.07, 6.45) is 0. The van der Waals surface area contributed by atoms with Gasteiger partial charge in [-0.1, -0.05) is 0 Å². The Labute approximate surface area is 158 Å². The molecule has 1 fully saturated rings. The summed E-state index contributed by atoms with van der Waals surface area (Å²) in [7, 11) is 5.80. The number of benzene rings is 1. The molecule has 1 aromatic carbocycles. The van der Waals surface area contributed by atoms with Crippen molar-refractivity contribution in [2.24, 2.45) is 4.99 Å². The SMILES string of the molecule is CN=C(NCc1csc(N(C)C)n1)N1CCN(c2ccc(F)cc2)CC1. The summed E-state index contributed by atoms with van der Waals surface area (Å²) in [5.41, 5.74) is 2.08. The maximum Gasteiger partial charge on any atom is 0.194 e. The van der Waals surface area contributed by atoms with E-state index in [0.29, 0.717) is 6.54 Å². The Balaban J connectivity index is 1.52. The molecule has 1 aromatic heterocycles. The molecule has 1 saturated heterocycles. The average Bonchev–Trinajstić information content (AvgIpc) is 3.13. The van der Waals surface area contributed by atoms with Crippen LogP contribution in [0.25, 0.3) is 0 Å². The van der Waals surface area contributed by atoms with Gasteiger partial charge >= 0.3 is 0 Å². The fraction of sp³-hybridized carbons (Fsp3) is 0.444. The quantitative estimate of drug-likeness (QED) is 0.655. The lowest BCUT2D eigenvalue weighted by molar-refractivity contribution is 0.372. The molecular formula is C18H25FN6S. The highest BCUT2D eigenvalue weighted by Gasteiger charge is 2.20. The maximum absolute atomic E-state index is 13.1. The third-order valence-corrected chi connectivity index (χ3v) is 5.39. The summed E-state index contributed by atoms with van der Waals surface area (Å²) >= 11 is 1.64. The van der Waals surface area contributed by atoms with Crippen LogP contribution in [0.4, 0.5) is 15.2 Å². The lowest BCUT2D eigenvalue weighted by Crippen LogP contribution is -2.52.